The van der Waals surface area contributed by atoms with Gasteiger partial charge in [-0.3, -0.25) is 4.79 Å². The van der Waals surface area contributed by atoms with Crippen LogP contribution in [-0.2, 0) is 11.2 Å². The lowest BCUT2D eigenvalue weighted by Gasteiger charge is -2.29. The predicted octanol–water partition coefficient (Wildman–Crippen LogP) is 2.31. The number of benzene rings is 1. The van der Waals surface area contributed by atoms with E-state index in [9.17, 15) is 14.7 Å². The third kappa shape index (κ3) is 7.46. The largest absolute Gasteiger partial charge is 0.481 e. The Morgan fingerprint density at radius 3 is 2.46 bits per heavy atom. The first-order chi connectivity index (χ1) is 11.4. The average Bonchev–Trinajstić information content (AvgIpc) is 2.53. The van der Waals surface area contributed by atoms with Gasteiger partial charge >= 0.3 is 12.0 Å². The van der Waals surface area contributed by atoms with E-state index in [1.54, 1.807) is 6.92 Å². The van der Waals surface area contributed by atoms with Crippen LogP contribution in [0.25, 0.3) is 0 Å². The van der Waals surface area contributed by atoms with Crippen LogP contribution in [0.5, 0.6) is 0 Å². The van der Waals surface area contributed by atoms with E-state index < -0.39 is 11.5 Å². The Balaban J connectivity index is 2.68. The minimum absolute atomic E-state index is 0.00991. The first-order valence-electron chi connectivity index (χ1n) is 8.34. The summed E-state index contributed by atoms with van der Waals surface area (Å²) in [5.41, 5.74) is 0.356. The SMILES string of the molecule is CCCC(C)(CO)NC(=O)NC(CCC(=O)O)Cc1ccccc1. The first-order valence-corrected chi connectivity index (χ1v) is 8.34. The molecule has 1 aromatic rings. The molecular weight excluding hydrogens is 308 g/mol. The minimum atomic E-state index is -0.888. The quantitative estimate of drug-likeness (QED) is 0.527. The molecule has 6 nitrogen and oxygen atoms in total. The predicted molar refractivity (Wildman–Crippen MR) is 92.9 cm³/mol. The van der Waals surface area contributed by atoms with Crippen molar-refractivity contribution < 1.29 is 19.8 Å². The number of urea groups is 1. The van der Waals surface area contributed by atoms with E-state index in [0.29, 0.717) is 19.3 Å². The summed E-state index contributed by atoms with van der Waals surface area (Å²) in [6.07, 6.45) is 2.40. The highest BCUT2D eigenvalue weighted by Gasteiger charge is 2.25. The van der Waals surface area contributed by atoms with Gasteiger partial charge in [0, 0.05) is 12.5 Å². The van der Waals surface area contributed by atoms with Crippen LogP contribution >= 0.6 is 0 Å². The molecule has 0 heterocycles. The van der Waals surface area contributed by atoms with Gasteiger partial charge in [0.05, 0.1) is 12.1 Å². The number of aliphatic hydroxyl groups excluding tert-OH is 1. The highest BCUT2D eigenvalue weighted by Crippen LogP contribution is 2.12. The van der Waals surface area contributed by atoms with Gasteiger partial charge in [-0.1, -0.05) is 43.7 Å². The number of nitrogens with one attached hydrogen (secondary N) is 2. The fourth-order valence-corrected chi connectivity index (χ4v) is 2.65. The number of hydrogen-bond donors (Lipinski definition) is 4. The third-order valence-electron chi connectivity index (χ3n) is 3.93. The van der Waals surface area contributed by atoms with Gasteiger partial charge < -0.3 is 20.8 Å². The van der Waals surface area contributed by atoms with E-state index in [1.807, 2.05) is 37.3 Å². The van der Waals surface area contributed by atoms with Crippen LogP contribution in [0.2, 0.25) is 0 Å². The highest BCUT2D eigenvalue weighted by molar-refractivity contribution is 5.75. The number of carbonyl (C=O) groups excluding carboxylic acids is 1. The van der Waals surface area contributed by atoms with Crippen LogP contribution in [0.3, 0.4) is 0 Å². The number of rotatable bonds is 10. The van der Waals surface area contributed by atoms with Gasteiger partial charge in [-0.25, -0.2) is 4.79 Å². The second-order valence-corrected chi connectivity index (χ2v) is 6.39. The van der Waals surface area contributed by atoms with Crippen molar-refractivity contribution in [2.45, 2.75) is 57.5 Å². The molecule has 1 rings (SSSR count). The Labute approximate surface area is 143 Å². The first kappa shape index (κ1) is 20.0. The number of aliphatic carboxylic acids is 1. The smallest absolute Gasteiger partial charge is 0.315 e. The topological polar surface area (TPSA) is 98.7 Å². The summed E-state index contributed by atoms with van der Waals surface area (Å²) >= 11 is 0. The molecule has 2 amide bonds. The van der Waals surface area contributed by atoms with E-state index in [4.69, 9.17) is 5.11 Å². The number of carboxylic acids is 1. The van der Waals surface area contributed by atoms with Gasteiger partial charge in [0.15, 0.2) is 0 Å². The van der Waals surface area contributed by atoms with Crippen molar-refractivity contribution in [1.29, 1.82) is 0 Å². The molecule has 134 valence electrons. The Morgan fingerprint density at radius 2 is 1.92 bits per heavy atom. The highest BCUT2D eigenvalue weighted by atomic mass is 16.4. The van der Waals surface area contributed by atoms with E-state index in [2.05, 4.69) is 10.6 Å². The summed E-state index contributed by atoms with van der Waals surface area (Å²) < 4.78 is 0. The lowest BCUT2D eigenvalue weighted by molar-refractivity contribution is -0.137. The molecule has 0 aliphatic carbocycles. The molecule has 2 unspecified atom stereocenters. The normalized spacial score (nSPS) is 14.5. The van der Waals surface area contributed by atoms with Gasteiger partial charge in [0.1, 0.15) is 0 Å². The number of carbonyl (C=O) groups is 2. The zero-order chi connectivity index (χ0) is 18.0. The summed E-state index contributed by atoms with van der Waals surface area (Å²) in [7, 11) is 0. The van der Waals surface area contributed by atoms with Crippen molar-refractivity contribution in [3.63, 3.8) is 0 Å². The molecule has 0 aliphatic heterocycles. The molecule has 0 aromatic heterocycles. The molecule has 6 heteroatoms. The number of carboxylic acid groups (broad SMARTS) is 1. The maximum absolute atomic E-state index is 12.3. The number of hydrogen-bond acceptors (Lipinski definition) is 3. The van der Waals surface area contributed by atoms with Crippen LogP contribution in [-0.4, -0.2) is 40.4 Å². The second kappa shape index (κ2) is 9.93. The monoisotopic (exact) mass is 336 g/mol. The van der Waals surface area contributed by atoms with Crippen molar-refractivity contribution in [2.24, 2.45) is 0 Å². The zero-order valence-electron chi connectivity index (χ0n) is 14.4. The van der Waals surface area contributed by atoms with Crippen LogP contribution < -0.4 is 10.6 Å². The molecule has 0 fully saturated rings. The van der Waals surface area contributed by atoms with E-state index in [1.165, 1.54) is 0 Å². The summed E-state index contributed by atoms with van der Waals surface area (Å²) in [5.74, 6) is -0.888. The third-order valence-corrected chi connectivity index (χ3v) is 3.93. The second-order valence-electron chi connectivity index (χ2n) is 6.39. The van der Waals surface area contributed by atoms with Crippen molar-refractivity contribution in [3.8, 4) is 0 Å². The van der Waals surface area contributed by atoms with Crippen molar-refractivity contribution in [2.75, 3.05) is 6.61 Å². The van der Waals surface area contributed by atoms with Gasteiger partial charge in [-0.2, -0.15) is 0 Å². The molecule has 0 saturated carbocycles. The lowest BCUT2D eigenvalue weighted by Crippen LogP contribution is -2.54. The fourth-order valence-electron chi connectivity index (χ4n) is 2.65. The maximum atomic E-state index is 12.3. The van der Waals surface area contributed by atoms with Gasteiger partial charge in [0.2, 0.25) is 0 Å². The van der Waals surface area contributed by atoms with Crippen LogP contribution in [0, 0.1) is 0 Å². The molecule has 0 saturated heterocycles. The Morgan fingerprint density at radius 1 is 1.25 bits per heavy atom. The maximum Gasteiger partial charge on any atom is 0.315 e. The summed E-state index contributed by atoms with van der Waals surface area (Å²) in [6.45, 7) is 3.63. The van der Waals surface area contributed by atoms with Crippen molar-refractivity contribution in [3.05, 3.63) is 35.9 Å². The summed E-state index contributed by atoms with van der Waals surface area (Å²) in [4.78, 5) is 23.1. The number of aliphatic hydroxyl groups is 1. The van der Waals surface area contributed by atoms with Crippen LogP contribution in [0.4, 0.5) is 4.79 Å². The van der Waals surface area contributed by atoms with Gasteiger partial charge in [-0.05, 0) is 31.7 Å². The molecule has 2 atom stereocenters. The molecule has 0 bridgehead atoms. The van der Waals surface area contributed by atoms with E-state index in [-0.39, 0.29) is 25.1 Å². The zero-order valence-corrected chi connectivity index (χ0v) is 14.4. The molecule has 0 aliphatic rings. The Hall–Kier alpha value is -2.08. The molecule has 24 heavy (non-hydrogen) atoms. The molecule has 1 aromatic carbocycles. The van der Waals surface area contributed by atoms with Gasteiger partial charge in [-0.15, -0.1) is 0 Å². The van der Waals surface area contributed by atoms with E-state index in [0.717, 1.165) is 12.0 Å². The average molecular weight is 336 g/mol. The number of amides is 2. The minimum Gasteiger partial charge on any atom is -0.481 e. The molecule has 4 N–H and O–H groups in total. The Bertz CT molecular complexity index is 521. The van der Waals surface area contributed by atoms with Crippen molar-refractivity contribution in [1.82, 2.24) is 10.6 Å². The van der Waals surface area contributed by atoms with Gasteiger partial charge in [0.25, 0.3) is 0 Å². The molecule has 0 radical (unpaired) electrons. The Kier molecular flexibility index (Phi) is 8.26. The lowest BCUT2D eigenvalue weighted by atomic mass is 9.97. The molecule has 0 spiro atoms. The molecular formula is C18H28N2O4. The standard InChI is InChI=1S/C18H28N2O4/c1-3-11-18(2,13-21)20-17(24)19-15(9-10-16(22)23)12-14-7-5-4-6-8-14/h4-8,15,21H,3,9-13H2,1-2H3,(H,22,23)(H2,19,20,24). The van der Waals surface area contributed by atoms with Crippen LogP contribution in [0.15, 0.2) is 30.3 Å². The summed E-state index contributed by atoms with van der Waals surface area (Å²) in [6, 6.07) is 8.96. The van der Waals surface area contributed by atoms with E-state index >= 15 is 0 Å². The summed E-state index contributed by atoms with van der Waals surface area (Å²) in [5, 5.41) is 24.0. The van der Waals surface area contributed by atoms with Crippen molar-refractivity contribution >= 4 is 12.0 Å². The van der Waals surface area contributed by atoms with Crippen LogP contribution in [0.1, 0.15) is 45.1 Å². The fraction of sp³-hybridized carbons (Fsp3) is 0.556.